The molecule has 0 amide bonds. The third-order valence-electron chi connectivity index (χ3n) is 3.90. The Labute approximate surface area is 134 Å². The predicted octanol–water partition coefficient (Wildman–Crippen LogP) is 4.38. The molecule has 1 fully saturated rings. The van der Waals surface area contributed by atoms with Crippen molar-refractivity contribution in [3.8, 4) is 5.75 Å². The summed E-state index contributed by atoms with van der Waals surface area (Å²) in [4.78, 5) is 2.58. The summed E-state index contributed by atoms with van der Waals surface area (Å²) >= 11 is 0. The normalized spacial score (nSPS) is 22.6. The van der Waals surface area contributed by atoms with Gasteiger partial charge in [-0.2, -0.15) is 0 Å². The molecule has 0 spiro atoms. The molecule has 21 heavy (non-hydrogen) atoms. The lowest BCUT2D eigenvalue weighted by Crippen LogP contribution is -2.39. The zero-order valence-electron chi connectivity index (χ0n) is 13.1. The molecule has 0 bridgehead atoms. The highest BCUT2D eigenvalue weighted by molar-refractivity contribution is 5.85. The Hall–Kier alpha value is -0.800. The highest BCUT2D eigenvalue weighted by Crippen LogP contribution is 2.21. The third kappa shape index (κ3) is 6.66. The van der Waals surface area contributed by atoms with E-state index in [0.29, 0.717) is 6.61 Å². The Morgan fingerprint density at radius 2 is 1.71 bits per heavy atom. The largest absolute Gasteiger partial charge is 0.494 e. The summed E-state index contributed by atoms with van der Waals surface area (Å²) in [6.45, 7) is 9.05. The SMILES string of the molecule is CC1CC(C)CN(CCCCOc2ccc(F)cc2)C1.Cl. The minimum absolute atomic E-state index is 0. The summed E-state index contributed by atoms with van der Waals surface area (Å²) < 4.78 is 18.3. The van der Waals surface area contributed by atoms with E-state index >= 15 is 0 Å². The van der Waals surface area contributed by atoms with Gasteiger partial charge in [0.2, 0.25) is 0 Å². The van der Waals surface area contributed by atoms with Crippen molar-refractivity contribution in [3.05, 3.63) is 30.1 Å². The monoisotopic (exact) mass is 315 g/mol. The van der Waals surface area contributed by atoms with Crippen LogP contribution in [0.15, 0.2) is 24.3 Å². The number of likely N-dealkylation sites (tertiary alicyclic amines) is 1. The molecule has 2 rings (SSSR count). The van der Waals surface area contributed by atoms with Crippen molar-refractivity contribution in [1.29, 1.82) is 0 Å². The standard InChI is InChI=1S/C17H26FNO.ClH/c1-14-11-15(2)13-19(12-14)9-3-4-10-20-17-7-5-16(18)6-8-17;/h5-8,14-15H,3-4,9-13H2,1-2H3;1H. The molecule has 1 saturated heterocycles. The van der Waals surface area contributed by atoms with Crippen LogP contribution in [0.4, 0.5) is 4.39 Å². The van der Waals surface area contributed by atoms with E-state index in [1.165, 1.54) is 44.6 Å². The number of nitrogens with zero attached hydrogens (tertiary/aromatic N) is 1. The molecule has 0 radical (unpaired) electrons. The Morgan fingerprint density at radius 1 is 1.10 bits per heavy atom. The van der Waals surface area contributed by atoms with Crippen molar-refractivity contribution in [3.63, 3.8) is 0 Å². The average Bonchev–Trinajstić information content (AvgIpc) is 2.39. The van der Waals surface area contributed by atoms with Gasteiger partial charge in [-0.15, -0.1) is 12.4 Å². The molecule has 1 aromatic carbocycles. The van der Waals surface area contributed by atoms with E-state index in [-0.39, 0.29) is 18.2 Å². The van der Waals surface area contributed by atoms with E-state index in [2.05, 4.69) is 18.7 Å². The first-order chi connectivity index (χ1) is 9.63. The quantitative estimate of drug-likeness (QED) is 0.722. The zero-order valence-corrected chi connectivity index (χ0v) is 13.9. The first-order valence-electron chi connectivity index (χ1n) is 7.74. The maximum Gasteiger partial charge on any atom is 0.123 e. The second kappa shape index (κ2) is 9.26. The molecule has 0 N–H and O–H groups in total. The van der Waals surface area contributed by atoms with Crippen molar-refractivity contribution in [2.45, 2.75) is 33.1 Å². The zero-order chi connectivity index (χ0) is 14.4. The Bertz CT molecular complexity index is 388. The van der Waals surface area contributed by atoms with Gasteiger partial charge in [-0.3, -0.25) is 0 Å². The molecular weight excluding hydrogens is 289 g/mol. The Balaban J connectivity index is 0.00000220. The first kappa shape index (κ1) is 18.2. The summed E-state index contributed by atoms with van der Waals surface area (Å²) in [6.07, 6.45) is 3.58. The molecule has 1 heterocycles. The maximum atomic E-state index is 12.7. The number of rotatable bonds is 6. The van der Waals surface area contributed by atoms with Gasteiger partial charge in [0, 0.05) is 13.1 Å². The first-order valence-corrected chi connectivity index (χ1v) is 7.74. The van der Waals surface area contributed by atoms with Gasteiger partial charge in [0.15, 0.2) is 0 Å². The van der Waals surface area contributed by atoms with Crippen molar-refractivity contribution in [2.75, 3.05) is 26.2 Å². The molecular formula is C17H27ClFNO. The number of hydrogen-bond acceptors (Lipinski definition) is 2. The van der Waals surface area contributed by atoms with Crippen LogP contribution in [-0.4, -0.2) is 31.1 Å². The van der Waals surface area contributed by atoms with Crippen LogP contribution in [0.3, 0.4) is 0 Å². The van der Waals surface area contributed by atoms with Gasteiger partial charge >= 0.3 is 0 Å². The smallest absolute Gasteiger partial charge is 0.123 e. The number of piperidine rings is 1. The summed E-state index contributed by atoms with van der Waals surface area (Å²) in [6, 6.07) is 6.24. The fourth-order valence-electron chi connectivity index (χ4n) is 3.13. The molecule has 2 nitrogen and oxygen atoms in total. The van der Waals surface area contributed by atoms with Crippen LogP contribution in [-0.2, 0) is 0 Å². The van der Waals surface area contributed by atoms with Gasteiger partial charge in [-0.05, 0) is 61.9 Å². The number of unbranched alkanes of at least 4 members (excludes halogenated alkanes) is 1. The molecule has 4 heteroatoms. The Morgan fingerprint density at radius 3 is 2.33 bits per heavy atom. The molecule has 2 atom stereocenters. The van der Waals surface area contributed by atoms with E-state index in [4.69, 9.17) is 4.74 Å². The second-order valence-electron chi connectivity index (χ2n) is 6.22. The number of benzene rings is 1. The van der Waals surface area contributed by atoms with E-state index in [0.717, 1.165) is 24.0 Å². The lowest BCUT2D eigenvalue weighted by molar-refractivity contribution is 0.136. The molecule has 1 aliphatic rings. The minimum Gasteiger partial charge on any atom is -0.494 e. The van der Waals surface area contributed by atoms with Gasteiger partial charge in [-0.25, -0.2) is 4.39 Å². The lowest BCUT2D eigenvalue weighted by atomic mass is 9.92. The number of ether oxygens (including phenoxy) is 1. The average molecular weight is 316 g/mol. The molecule has 0 aliphatic carbocycles. The summed E-state index contributed by atoms with van der Waals surface area (Å²) in [5, 5.41) is 0. The molecule has 120 valence electrons. The fourth-order valence-corrected chi connectivity index (χ4v) is 3.13. The molecule has 1 aromatic rings. The van der Waals surface area contributed by atoms with E-state index < -0.39 is 0 Å². The lowest BCUT2D eigenvalue weighted by Gasteiger charge is -2.34. The van der Waals surface area contributed by atoms with Crippen molar-refractivity contribution in [2.24, 2.45) is 11.8 Å². The summed E-state index contributed by atoms with van der Waals surface area (Å²) in [7, 11) is 0. The third-order valence-corrected chi connectivity index (χ3v) is 3.90. The van der Waals surface area contributed by atoms with Crippen molar-refractivity contribution < 1.29 is 9.13 Å². The summed E-state index contributed by atoms with van der Waals surface area (Å²) in [5.41, 5.74) is 0. The molecule has 2 unspecified atom stereocenters. The van der Waals surface area contributed by atoms with Crippen LogP contribution in [0.5, 0.6) is 5.75 Å². The molecule has 0 aromatic heterocycles. The molecule has 0 saturated carbocycles. The van der Waals surface area contributed by atoms with Crippen molar-refractivity contribution in [1.82, 2.24) is 4.90 Å². The van der Waals surface area contributed by atoms with Crippen LogP contribution in [0, 0.1) is 17.7 Å². The Kier molecular flexibility index (Phi) is 8.05. The second-order valence-corrected chi connectivity index (χ2v) is 6.22. The number of hydrogen-bond donors (Lipinski definition) is 0. The van der Waals surface area contributed by atoms with Gasteiger partial charge in [0.25, 0.3) is 0 Å². The highest BCUT2D eigenvalue weighted by Gasteiger charge is 2.20. The van der Waals surface area contributed by atoms with Crippen LogP contribution in [0.25, 0.3) is 0 Å². The summed E-state index contributed by atoms with van der Waals surface area (Å²) in [5.74, 6) is 2.20. The van der Waals surface area contributed by atoms with Gasteiger partial charge in [0.1, 0.15) is 11.6 Å². The fraction of sp³-hybridized carbons (Fsp3) is 0.647. The van der Waals surface area contributed by atoms with Crippen LogP contribution >= 0.6 is 12.4 Å². The molecule has 1 aliphatic heterocycles. The highest BCUT2D eigenvalue weighted by atomic mass is 35.5. The van der Waals surface area contributed by atoms with E-state index in [1.807, 2.05) is 0 Å². The van der Waals surface area contributed by atoms with Crippen LogP contribution in [0.2, 0.25) is 0 Å². The van der Waals surface area contributed by atoms with Gasteiger partial charge in [0.05, 0.1) is 6.61 Å². The predicted molar refractivity (Wildman–Crippen MR) is 87.8 cm³/mol. The topological polar surface area (TPSA) is 12.5 Å². The van der Waals surface area contributed by atoms with Crippen LogP contribution in [0.1, 0.15) is 33.1 Å². The number of halogens is 2. The van der Waals surface area contributed by atoms with Crippen LogP contribution < -0.4 is 4.74 Å². The van der Waals surface area contributed by atoms with Gasteiger partial charge < -0.3 is 9.64 Å². The van der Waals surface area contributed by atoms with Crippen molar-refractivity contribution >= 4 is 12.4 Å². The maximum absolute atomic E-state index is 12.7. The minimum atomic E-state index is -0.217. The van der Waals surface area contributed by atoms with Gasteiger partial charge in [-0.1, -0.05) is 13.8 Å². The van der Waals surface area contributed by atoms with E-state index in [1.54, 1.807) is 12.1 Å². The van der Waals surface area contributed by atoms with E-state index in [9.17, 15) is 4.39 Å².